The molecule has 7 heteroatoms. The fraction of sp³-hybridized carbons (Fsp3) is 0.250. The normalized spacial score (nSPS) is 12.1. The van der Waals surface area contributed by atoms with Crippen LogP contribution >= 0.6 is 23.1 Å². The van der Waals surface area contributed by atoms with Gasteiger partial charge in [0.25, 0.3) is 5.56 Å². The Bertz CT molecular complexity index is 1050. The minimum Gasteiger partial charge on any atom is -0.325 e. The second kappa shape index (κ2) is 8.10. The SMILES string of the molecule is C=CCn1c(SC(C)C(=O)Nc2ccccc2)nc2sc(C)c(C)c2c1=O. The van der Waals surface area contributed by atoms with Crippen molar-refractivity contribution >= 4 is 44.9 Å². The first-order chi connectivity index (χ1) is 12.9. The number of carbonyl (C=O) groups excluding carboxylic acids is 1. The molecule has 1 aromatic carbocycles. The molecule has 0 radical (unpaired) electrons. The number of aryl methyl sites for hydroxylation is 2. The highest BCUT2D eigenvalue weighted by atomic mass is 32.2. The highest BCUT2D eigenvalue weighted by molar-refractivity contribution is 8.00. The first-order valence-corrected chi connectivity index (χ1v) is 10.3. The van der Waals surface area contributed by atoms with E-state index in [1.54, 1.807) is 10.6 Å². The molecule has 2 aromatic heterocycles. The minimum atomic E-state index is -0.409. The van der Waals surface area contributed by atoms with E-state index in [-0.39, 0.29) is 11.5 Å². The lowest BCUT2D eigenvalue weighted by Crippen LogP contribution is -2.26. The molecule has 3 rings (SSSR count). The number of hydrogen-bond acceptors (Lipinski definition) is 5. The van der Waals surface area contributed by atoms with Crippen LogP contribution in [-0.4, -0.2) is 20.7 Å². The summed E-state index contributed by atoms with van der Waals surface area (Å²) in [7, 11) is 0. The van der Waals surface area contributed by atoms with E-state index >= 15 is 0 Å². The van der Waals surface area contributed by atoms with Gasteiger partial charge in [-0.15, -0.1) is 17.9 Å². The Morgan fingerprint density at radius 1 is 1.37 bits per heavy atom. The Balaban J connectivity index is 1.93. The van der Waals surface area contributed by atoms with Crippen molar-refractivity contribution in [3.63, 3.8) is 0 Å². The topological polar surface area (TPSA) is 64.0 Å². The molecule has 1 atom stereocenters. The molecule has 0 aliphatic carbocycles. The van der Waals surface area contributed by atoms with Gasteiger partial charge >= 0.3 is 0 Å². The quantitative estimate of drug-likeness (QED) is 0.380. The van der Waals surface area contributed by atoms with Crippen LogP contribution in [0, 0.1) is 13.8 Å². The van der Waals surface area contributed by atoms with Crippen molar-refractivity contribution in [2.75, 3.05) is 5.32 Å². The van der Waals surface area contributed by atoms with Crippen molar-refractivity contribution in [3.8, 4) is 0 Å². The number of amides is 1. The number of fused-ring (bicyclic) bond motifs is 1. The van der Waals surface area contributed by atoms with E-state index in [1.165, 1.54) is 23.1 Å². The van der Waals surface area contributed by atoms with E-state index in [4.69, 9.17) is 0 Å². The summed E-state index contributed by atoms with van der Waals surface area (Å²) in [6.45, 7) is 9.83. The summed E-state index contributed by atoms with van der Waals surface area (Å²) in [5.74, 6) is -0.135. The van der Waals surface area contributed by atoms with Gasteiger partial charge in [-0.2, -0.15) is 0 Å². The Morgan fingerprint density at radius 2 is 2.07 bits per heavy atom. The molecule has 5 nitrogen and oxygen atoms in total. The summed E-state index contributed by atoms with van der Waals surface area (Å²) >= 11 is 2.79. The molecule has 0 saturated carbocycles. The Kier molecular flexibility index (Phi) is 5.82. The molecule has 1 amide bonds. The first-order valence-electron chi connectivity index (χ1n) is 8.56. The number of allylic oxidation sites excluding steroid dienone is 1. The number of anilines is 1. The van der Waals surface area contributed by atoms with Crippen LogP contribution in [0.2, 0.25) is 0 Å². The zero-order valence-corrected chi connectivity index (χ0v) is 17.1. The molecule has 2 heterocycles. The number of para-hydroxylation sites is 1. The molecule has 1 unspecified atom stereocenters. The number of rotatable bonds is 6. The summed E-state index contributed by atoms with van der Waals surface area (Å²) in [5, 5.41) is 3.67. The van der Waals surface area contributed by atoms with Crippen LogP contribution < -0.4 is 10.9 Å². The van der Waals surface area contributed by atoms with Crippen molar-refractivity contribution in [1.29, 1.82) is 0 Å². The van der Waals surface area contributed by atoms with Gasteiger partial charge in [-0.3, -0.25) is 14.2 Å². The molecule has 0 bridgehead atoms. The molecule has 0 fully saturated rings. The molecule has 0 aliphatic rings. The first kappa shape index (κ1) is 19.4. The Hall–Kier alpha value is -2.38. The highest BCUT2D eigenvalue weighted by Crippen LogP contribution is 2.30. The zero-order chi connectivity index (χ0) is 19.6. The van der Waals surface area contributed by atoms with Gasteiger partial charge < -0.3 is 5.32 Å². The summed E-state index contributed by atoms with van der Waals surface area (Å²) in [4.78, 5) is 32.0. The van der Waals surface area contributed by atoms with E-state index in [2.05, 4.69) is 16.9 Å². The lowest BCUT2D eigenvalue weighted by Gasteiger charge is -2.15. The number of hydrogen-bond donors (Lipinski definition) is 1. The number of thioether (sulfide) groups is 1. The van der Waals surface area contributed by atoms with E-state index in [1.807, 2.05) is 51.1 Å². The maximum absolute atomic E-state index is 13.0. The second-order valence-corrected chi connectivity index (χ2v) is 8.69. The van der Waals surface area contributed by atoms with Gasteiger partial charge in [0.1, 0.15) is 4.83 Å². The second-order valence-electron chi connectivity index (χ2n) is 6.18. The predicted molar refractivity (Wildman–Crippen MR) is 114 cm³/mol. The number of aromatic nitrogens is 2. The van der Waals surface area contributed by atoms with E-state index in [0.717, 1.165) is 16.1 Å². The molecule has 0 spiro atoms. The number of carbonyl (C=O) groups is 1. The van der Waals surface area contributed by atoms with Crippen molar-refractivity contribution in [2.24, 2.45) is 0 Å². The van der Waals surface area contributed by atoms with Crippen LogP contribution in [0.3, 0.4) is 0 Å². The highest BCUT2D eigenvalue weighted by Gasteiger charge is 2.21. The van der Waals surface area contributed by atoms with Gasteiger partial charge in [-0.1, -0.05) is 36.0 Å². The third-order valence-corrected chi connectivity index (χ3v) is 6.45. The van der Waals surface area contributed by atoms with Gasteiger partial charge in [-0.25, -0.2) is 4.98 Å². The number of nitrogens with zero attached hydrogens (tertiary/aromatic N) is 2. The van der Waals surface area contributed by atoms with Crippen LogP contribution in [0.25, 0.3) is 10.2 Å². The van der Waals surface area contributed by atoms with Crippen molar-refractivity contribution in [1.82, 2.24) is 9.55 Å². The molecule has 140 valence electrons. The maximum Gasteiger partial charge on any atom is 0.263 e. The number of thiophene rings is 1. The number of nitrogens with one attached hydrogen (secondary N) is 1. The molecule has 0 aliphatic heterocycles. The molecular weight excluding hydrogens is 378 g/mol. The van der Waals surface area contributed by atoms with Crippen molar-refractivity contribution in [2.45, 2.75) is 37.7 Å². The third kappa shape index (κ3) is 3.99. The van der Waals surface area contributed by atoms with E-state index < -0.39 is 5.25 Å². The van der Waals surface area contributed by atoms with E-state index in [0.29, 0.717) is 21.9 Å². The van der Waals surface area contributed by atoms with Crippen LogP contribution in [0.5, 0.6) is 0 Å². The lowest BCUT2D eigenvalue weighted by atomic mass is 10.2. The third-order valence-electron chi connectivity index (χ3n) is 4.26. The smallest absolute Gasteiger partial charge is 0.263 e. The summed E-state index contributed by atoms with van der Waals surface area (Å²) in [6, 6.07) is 9.30. The van der Waals surface area contributed by atoms with Gasteiger partial charge in [0.15, 0.2) is 5.16 Å². The average Bonchev–Trinajstić information content (AvgIpc) is 2.93. The molecule has 3 aromatic rings. The van der Waals surface area contributed by atoms with Crippen LogP contribution in [0.4, 0.5) is 5.69 Å². The Labute approximate surface area is 166 Å². The lowest BCUT2D eigenvalue weighted by molar-refractivity contribution is -0.115. The standard InChI is InChI=1S/C20H21N3O2S2/c1-5-11-23-19(25)16-12(2)13(3)26-18(16)22-20(23)27-14(4)17(24)21-15-9-7-6-8-10-15/h5-10,14H,1,11H2,2-4H3,(H,21,24). The zero-order valence-electron chi connectivity index (χ0n) is 15.5. The predicted octanol–water partition coefficient (Wildman–Crippen LogP) is 4.38. The van der Waals surface area contributed by atoms with E-state index in [9.17, 15) is 9.59 Å². The van der Waals surface area contributed by atoms with Gasteiger partial charge in [0.05, 0.1) is 10.6 Å². The van der Waals surface area contributed by atoms with Gasteiger partial charge in [0, 0.05) is 17.1 Å². The Morgan fingerprint density at radius 3 is 2.74 bits per heavy atom. The number of benzene rings is 1. The van der Waals surface area contributed by atoms with Crippen molar-refractivity contribution < 1.29 is 4.79 Å². The average molecular weight is 400 g/mol. The molecule has 27 heavy (non-hydrogen) atoms. The van der Waals surface area contributed by atoms with Crippen LogP contribution in [0.15, 0.2) is 52.9 Å². The summed E-state index contributed by atoms with van der Waals surface area (Å²) in [5.41, 5.74) is 1.63. The van der Waals surface area contributed by atoms with Crippen LogP contribution in [-0.2, 0) is 11.3 Å². The minimum absolute atomic E-state index is 0.0834. The fourth-order valence-corrected chi connectivity index (χ4v) is 4.65. The van der Waals surface area contributed by atoms with Crippen molar-refractivity contribution in [3.05, 3.63) is 63.8 Å². The maximum atomic E-state index is 13.0. The van der Waals surface area contributed by atoms with Crippen LogP contribution in [0.1, 0.15) is 17.4 Å². The van der Waals surface area contributed by atoms with Gasteiger partial charge in [-0.05, 0) is 38.5 Å². The summed E-state index contributed by atoms with van der Waals surface area (Å²) < 4.78 is 1.59. The molecular formula is C20H21N3O2S2. The fourth-order valence-electron chi connectivity index (χ4n) is 2.67. The molecule has 1 N–H and O–H groups in total. The monoisotopic (exact) mass is 399 g/mol. The van der Waals surface area contributed by atoms with Gasteiger partial charge in [0.2, 0.25) is 5.91 Å². The summed E-state index contributed by atoms with van der Waals surface area (Å²) in [6.07, 6.45) is 1.67. The largest absolute Gasteiger partial charge is 0.325 e. The molecule has 0 saturated heterocycles.